The normalized spacial score (nSPS) is 14.9. The van der Waals surface area contributed by atoms with Gasteiger partial charge in [-0.15, -0.1) is 0 Å². The Morgan fingerprint density at radius 3 is 2.22 bits per heavy atom. The maximum Gasteiger partial charge on any atom is 0.338 e. The molecule has 1 fully saturated rings. The number of ketones is 1. The van der Waals surface area contributed by atoms with E-state index in [0.717, 1.165) is 4.47 Å². The fourth-order valence-corrected chi connectivity index (χ4v) is 4.03. The van der Waals surface area contributed by atoms with E-state index in [1.165, 1.54) is 12.1 Å². The zero-order valence-corrected chi connectivity index (χ0v) is 21.0. The van der Waals surface area contributed by atoms with Crippen molar-refractivity contribution in [2.45, 2.75) is 6.42 Å². The smallest absolute Gasteiger partial charge is 0.338 e. The van der Waals surface area contributed by atoms with Crippen LogP contribution in [-0.4, -0.2) is 43.8 Å². The molecule has 1 N–H and O–H groups in total. The molecule has 2 amide bonds. The van der Waals surface area contributed by atoms with Crippen molar-refractivity contribution in [1.82, 2.24) is 0 Å². The summed E-state index contributed by atoms with van der Waals surface area (Å²) in [6, 6.07) is 20.0. The Labute approximate surface area is 216 Å². The number of methoxy groups -OCH3 is 1. The second-order valence-corrected chi connectivity index (χ2v) is 9.09. The van der Waals surface area contributed by atoms with Gasteiger partial charge in [-0.05, 0) is 60.7 Å². The van der Waals surface area contributed by atoms with Gasteiger partial charge in [0.25, 0.3) is 0 Å². The lowest BCUT2D eigenvalue weighted by Gasteiger charge is -2.17. The first-order valence-electron chi connectivity index (χ1n) is 11.2. The lowest BCUT2D eigenvalue weighted by molar-refractivity contribution is -0.122. The van der Waals surface area contributed by atoms with Gasteiger partial charge >= 0.3 is 5.97 Å². The van der Waals surface area contributed by atoms with Crippen LogP contribution in [0.1, 0.15) is 27.1 Å². The van der Waals surface area contributed by atoms with Crippen LogP contribution in [0.5, 0.6) is 5.75 Å². The van der Waals surface area contributed by atoms with Crippen LogP contribution in [0.4, 0.5) is 11.4 Å². The van der Waals surface area contributed by atoms with Gasteiger partial charge < -0.3 is 19.7 Å². The Morgan fingerprint density at radius 1 is 0.944 bits per heavy atom. The topological polar surface area (TPSA) is 102 Å². The van der Waals surface area contributed by atoms with Crippen molar-refractivity contribution in [3.8, 4) is 5.75 Å². The monoisotopic (exact) mass is 550 g/mol. The van der Waals surface area contributed by atoms with Crippen LogP contribution in [0.2, 0.25) is 0 Å². The number of anilines is 2. The van der Waals surface area contributed by atoms with Crippen LogP contribution in [0.25, 0.3) is 0 Å². The largest absolute Gasteiger partial charge is 0.497 e. The Kier molecular flexibility index (Phi) is 7.80. The van der Waals surface area contributed by atoms with Gasteiger partial charge in [-0.2, -0.15) is 0 Å². The quantitative estimate of drug-likeness (QED) is 0.327. The van der Waals surface area contributed by atoms with Crippen molar-refractivity contribution < 1.29 is 28.7 Å². The second kappa shape index (κ2) is 11.2. The predicted molar refractivity (Wildman–Crippen MR) is 137 cm³/mol. The molecule has 0 aliphatic carbocycles. The third-order valence-electron chi connectivity index (χ3n) is 5.77. The zero-order chi connectivity index (χ0) is 25.7. The van der Waals surface area contributed by atoms with E-state index in [1.54, 1.807) is 72.7 Å². The molecule has 3 aromatic carbocycles. The summed E-state index contributed by atoms with van der Waals surface area (Å²) in [5.74, 6) is -1.19. The number of hydrogen-bond donors (Lipinski definition) is 1. The first kappa shape index (κ1) is 25.1. The first-order valence-corrected chi connectivity index (χ1v) is 11.9. The minimum atomic E-state index is -0.644. The van der Waals surface area contributed by atoms with Crippen molar-refractivity contribution in [2.75, 3.05) is 30.5 Å². The molecular weight excluding hydrogens is 528 g/mol. The fraction of sp³-hybridized carbons (Fsp3) is 0.185. The number of nitrogens with one attached hydrogen (secondary N) is 1. The summed E-state index contributed by atoms with van der Waals surface area (Å²) in [6.45, 7) is -0.104. The molecule has 1 aliphatic rings. The Morgan fingerprint density at radius 2 is 1.58 bits per heavy atom. The lowest BCUT2D eigenvalue weighted by atomic mass is 10.1. The van der Waals surface area contributed by atoms with Crippen LogP contribution in [0, 0.1) is 5.92 Å². The minimum absolute atomic E-state index is 0.106. The van der Waals surface area contributed by atoms with E-state index in [0.29, 0.717) is 22.7 Å². The van der Waals surface area contributed by atoms with Crippen LogP contribution in [0.3, 0.4) is 0 Å². The van der Waals surface area contributed by atoms with Crippen LogP contribution in [-0.2, 0) is 14.3 Å². The van der Waals surface area contributed by atoms with Gasteiger partial charge in [0.2, 0.25) is 11.8 Å². The zero-order valence-electron chi connectivity index (χ0n) is 19.4. The van der Waals surface area contributed by atoms with Gasteiger partial charge in [0.05, 0.1) is 18.6 Å². The molecule has 1 aliphatic heterocycles. The molecule has 36 heavy (non-hydrogen) atoms. The minimum Gasteiger partial charge on any atom is -0.497 e. The number of esters is 1. The summed E-state index contributed by atoms with van der Waals surface area (Å²) in [7, 11) is 1.57. The molecule has 0 unspecified atom stereocenters. The highest BCUT2D eigenvalue weighted by Crippen LogP contribution is 2.27. The maximum atomic E-state index is 12.7. The molecule has 0 spiro atoms. The molecule has 0 aromatic heterocycles. The number of hydrogen-bond acceptors (Lipinski definition) is 6. The number of nitrogens with zero attached hydrogens (tertiary/aromatic N) is 1. The van der Waals surface area contributed by atoms with Gasteiger partial charge in [-0.25, -0.2) is 4.79 Å². The van der Waals surface area contributed by atoms with Crippen LogP contribution in [0.15, 0.2) is 77.3 Å². The standard InChI is InChI=1S/C27H23BrN2O6/c1-35-23-12-10-22(11-13-23)30-15-19(14-25(30)32)26(33)29-21-8-4-18(5-9-21)27(34)36-16-24(31)17-2-6-20(28)7-3-17/h2-13,19H,14-16H2,1H3,(H,29,33)/t19-/m0/s1. The highest BCUT2D eigenvalue weighted by Gasteiger charge is 2.35. The molecule has 0 bridgehead atoms. The Hall–Kier alpha value is -3.98. The first-order chi connectivity index (χ1) is 17.3. The molecule has 3 aromatic rings. The summed E-state index contributed by atoms with van der Waals surface area (Å²) in [4.78, 5) is 51.3. The van der Waals surface area contributed by atoms with E-state index < -0.39 is 11.9 Å². The van der Waals surface area contributed by atoms with Gasteiger partial charge in [0, 0.05) is 34.4 Å². The third kappa shape index (κ3) is 5.98. The fourth-order valence-electron chi connectivity index (χ4n) is 3.76. The molecule has 0 saturated carbocycles. The highest BCUT2D eigenvalue weighted by atomic mass is 79.9. The third-order valence-corrected chi connectivity index (χ3v) is 6.30. The number of carbonyl (C=O) groups is 4. The SMILES string of the molecule is COc1ccc(N2C[C@@H](C(=O)Nc3ccc(C(=O)OCC(=O)c4ccc(Br)cc4)cc3)CC2=O)cc1. The molecule has 0 radical (unpaired) electrons. The summed E-state index contributed by atoms with van der Waals surface area (Å²) >= 11 is 3.30. The number of ether oxygens (including phenoxy) is 2. The average molecular weight is 551 g/mol. The number of rotatable bonds is 8. The summed E-state index contributed by atoms with van der Waals surface area (Å²) in [5, 5.41) is 2.79. The van der Waals surface area contributed by atoms with Gasteiger partial charge in [0.1, 0.15) is 5.75 Å². The molecule has 184 valence electrons. The average Bonchev–Trinajstić information content (AvgIpc) is 3.29. The lowest BCUT2D eigenvalue weighted by Crippen LogP contribution is -2.28. The van der Waals surface area contributed by atoms with Crippen molar-refractivity contribution in [3.05, 3.63) is 88.4 Å². The van der Waals surface area contributed by atoms with Crippen LogP contribution >= 0.6 is 15.9 Å². The number of benzene rings is 3. The molecule has 1 heterocycles. The molecule has 4 rings (SSSR count). The molecule has 9 heteroatoms. The molecular formula is C27H23BrN2O6. The summed E-state index contributed by atoms with van der Waals surface area (Å²) in [5.41, 5.74) is 1.88. The van der Waals surface area contributed by atoms with E-state index in [1.807, 2.05) is 0 Å². The van der Waals surface area contributed by atoms with Crippen LogP contribution < -0.4 is 15.0 Å². The molecule has 8 nitrogen and oxygen atoms in total. The molecule has 1 saturated heterocycles. The summed E-state index contributed by atoms with van der Waals surface area (Å²) < 4.78 is 11.1. The van der Waals surface area contributed by atoms with E-state index >= 15 is 0 Å². The Bertz CT molecular complexity index is 1270. The highest BCUT2D eigenvalue weighted by molar-refractivity contribution is 9.10. The maximum absolute atomic E-state index is 12.7. The van der Waals surface area contributed by atoms with E-state index in [-0.39, 0.29) is 42.7 Å². The van der Waals surface area contributed by atoms with E-state index in [9.17, 15) is 19.2 Å². The second-order valence-electron chi connectivity index (χ2n) is 8.18. The number of carbonyl (C=O) groups excluding carboxylic acids is 4. The van der Waals surface area contributed by atoms with Crippen molar-refractivity contribution >= 4 is 50.9 Å². The summed E-state index contributed by atoms with van der Waals surface area (Å²) in [6.07, 6.45) is 0.106. The number of halogens is 1. The van der Waals surface area contributed by atoms with E-state index in [2.05, 4.69) is 21.2 Å². The van der Waals surface area contributed by atoms with Gasteiger partial charge in [-0.3, -0.25) is 14.4 Å². The van der Waals surface area contributed by atoms with Gasteiger partial charge in [0.15, 0.2) is 12.4 Å². The van der Waals surface area contributed by atoms with Crippen molar-refractivity contribution in [1.29, 1.82) is 0 Å². The van der Waals surface area contributed by atoms with Crippen molar-refractivity contribution in [2.24, 2.45) is 5.92 Å². The number of Topliss-reactive ketones (excluding diaryl/α,β-unsaturated/α-hetero) is 1. The van der Waals surface area contributed by atoms with E-state index in [4.69, 9.17) is 9.47 Å². The predicted octanol–water partition coefficient (Wildman–Crippen LogP) is 4.49. The van der Waals surface area contributed by atoms with Crippen molar-refractivity contribution in [3.63, 3.8) is 0 Å². The van der Waals surface area contributed by atoms with Gasteiger partial charge in [-0.1, -0.05) is 28.1 Å². The number of amides is 2. The molecule has 1 atom stereocenters. The Balaban J connectivity index is 1.29.